The third-order valence-electron chi connectivity index (χ3n) is 3.43. The molecule has 0 aliphatic carbocycles. The smallest absolute Gasteiger partial charge is 0.146 e. The molecule has 0 heterocycles. The summed E-state index contributed by atoms with van der Waals surface area (Å²) in [6, 6.07) is 15.2. The van der Waals surface area contributed by atoms with E-state index in [-0.39, 0.29) is 5.82 Å². The summed E-state index contributed by atoms with van der Waals surface area (Å²) in [5.74, 6) is -0.210. The van der Waals surface area contributed by atoms with Gasteiger partial charge in [-0.15, -0.1) is 0 Å². The summed E-state index contributed by atoms with van der Waals surface area (Å²) in [6.07, 6.45) is 0. The summed E-state index contributed by atoms with van der Waals surface area (Å²) in [6.45, 7) is 2.11. The van der Waals surface area contributed by atoms with Crippen molar-refractivity contribution in [3.05, 3.63) is 59.9 Å². The molecule has 100 valence electrons. The fourth-order valence-electron chi connectivity index (χ4n) is 2.02. The number of hydrogen-bond donors (Lipinski definition) is 1. The van der Waals surface area contributed by atoms with E-state index < -0.39 is 0 Å². The van der Waals surface area contributed by atoms with Crippen LogP contribution in [0.1, 0.15) is 18.5 Å². The van der Waals surface area contributed by atoms with Crippen molar-refractivity contribution >= 4 is 11.4 Å². The first-order valence-electron chi connectivity index (χ1n) is 6.39. The molecule has 0 saturated heterocycles. The van der Waals surface area contributed by atoms with Crippen LogP contribution < -0.4 is 10.2 Å². The second-order valence-electron chi connectivity index (χ2n) is 4.61. The number of benzene rings is 2. The highest BCUT2D eigenvalue weighted by molar-refractivity contribution is 5.63. The molecule has 0 aromatic heterocycles. The van der Waals surface area contributed by atoms with Gasteiger partial charge in [-0.2, -0.15) is 0 Å². The van der Waals surface area contributed by atoms with Crippen LogP contribution in [0.25, 0.3) is 0 Å². The van der Waals surface area contributed by atoms with Crippen LogP contribution in [-0.4, -0.2) is 14.1 Å². The van der Waals surface area contributed by atoms with Crippen molar-refractivity contribution in [3.8, 4) is 0 Å². The van der Waals surface area contributed by atoms with Crippen LogP contribution in [-0.2, 0) is 0 Å². The molecule has 3 heteroatoms. The topological polar surface area (TPSA) is 15.3 Å². The Bertz CT molecular complexity index is 537. The number of anilines is 2. The average Bonchev–Trinajstić information content (AvgIpc) is 2.46. The second-order valence-corrected chi connectivity index (χ2v) is 4.61. The van der Waals surface area contributed by atoms with E-state index in [4.69, 9.17) is 0 Å². The number of halogens is 1. The maximum Gasteiger partial charge on any atom is 0.146 e. The highest BCUT2D eigenvalue weighted by atomic mass is 19.1. The first-order chi connectivity index (χ1) is 9.13. The van der Waals surface area contributed by atoms with Gasteiger partial charge in [0.1, 0.15) is 5.82 Å². The SMILES string of the molecule is CNC(C)c1ccc(N(C)c2ccccc2F)cc1. The molecular weight excluding hydrogens is 239 g/mol. The molecule has 2 nitrogen and oxygen atoms in total. The van der Waals surface area contributed by atoms with Crippen LogP contribution in [0.15, 0.2) is 48.5 Å². The first kappa shape index (κ1) is 13.6. The largest absolute Gasteiger partial charge is 0.342 e. The second kappa shape index (κ2) is 5.85. The van der Waals surface area contributed by atoms with E-state index in [0.29, 0.717) is 11.7 Å². The Kier molecular flexibility index (Phi) is 4.17. The number of hydrogen-bond acceptors (Lipinski definition) is 2. The Labute approximate surface area is 113 Å². The molecule has 2 aromatic carbocycles. The maximum absolute atomic E-state index is 13.7. The Morgan fingerprint density at radius 1 is 1.05 bits per heavy atom. The predicted molar refractivity (Wildman–Crippen MR) is 78.4 cm³/mol. The highest BCUT2D eigenvalue weighted by Gasteiger charge is 2.09. The highest BCUT2D eigenvalue weighted by Crippen LogP contribution is 2.26. The fourth-order valence-corrected chi connectivity index (χ4v) is 2.02. The number of nitrogens with zero attached hydrogens (tertiary/aromatic N) is 1. The summed E-state index contributed by atoms with van der Waals surface area (Å²) in [4.78, 5) is 1.85. The quantitative estimate of drug-likeness (QED) is 0.895. The van der Waals surface area contributed by atoms with Crippen LogP contribution >= 0.6 is 0 Å². The van der Waals surface area contributed by atoms with Gasteiger partial charge < -0.3 is 10.2 Å². The van der Waals surface area contributed by atoms with E-state index in [1.807, 2.05) is 37.2 Å². The van der Waals surface area contributed by atoms with Crippen molar-refractivity contribution in [1.29, 1.82) is 0 Å². The third-order valence-corrected chi connectivity index (χ3v) is 3.43. The van der Waals surface area contributed by atoms with Crippen LogP contribution in [0.5, 0.6) is 0 Å². The molecule has 0 bridgehead atoms. The van der Waals surface area contributed by atoms with Gasteiger partial charge in [0, 0.05) is 18.8 Å². The van der Waals surface area contributed by atoms with Crippen molar-refractivity contribution in [1.82, 2.24) is 5.32 Å². The lowest BCUT2D eigenvalue weighted by Crippen LogP contribution is -2.13. The molecule has 1 N–H and O–H groups in total. The van der Waals surface area contributed by atoms with E-state index in [0.717, 1.165) is 5.69 Å². The van der Waals surface area contributed by atoms with Gasteiger partial charge in [0.25, 0.3) is 0 Å². The van der Waals surface area contributed by atoms with E-state index >= 15 is 0 Å². The zero-order valence-electron chi connectivity index (χ0n) is 11.5. The molecule has 1 unspecified atom stereocenters. The molecule has 19 heavy (non-hydrogen) atoms. The van der Waals surface area contributed by atoms with Crippen molar-refractivity contribution in [2.75, 3.05) is 19.0 Å². The van der Waals surface area contributed by atoms with Gasteiger partial charge in [-0.1, -0.05) is 24.3 Å². The van der Waals surface area contributed by atoms with Gasteiger partial charge in [-0.3, -0.25) is 0 Å². The van der Waals surface area contributed by atoms with Crippen molar-refractivity contribution in [2.24, 2.45) is 0 Å². The lowest BCUT2D eigenvalue weighted by Gasteiger charge is -2.21. The van der Waals surface area contributed by atoms with Crippen LogP contribution in [0.3, 0.4) is 0 Å². The Balaban J connectivity index is 2.25. The Morgan fingerprint density at radius 3 is 2.26 bits per heavy atom. The molecule has 0 amide bonds. The summed E-state index contributed by atoms with van der Waals surface area (Å²) >= 11 is 0. The monoisotopic (exact) mass is 258 g/mol. The molecule has 0 spiro atoms. The average molecular weight is 258 g/mol. The molecule has 0 aliphatic rings. The third kappa shape index (κ3) is 2.93. The normalized spacial score (nSPS) is 12.2. The summed E-state index contributed by atoms with van der Waals surface area (Å²) < 4.78 is 13.7. The van der Waals surface area contributed by atoms with Crippen LogP contribution in [0.4, 0.5) is 15.8 Å². The standard InChI is InChI=1S/C16H19FN2/c1-12(18-2)13-8-10-14(11-9-13)19(3)16-7-5-4-6-15(16)17/h4-12,18H,1-3H3. The van der Waals surface area contributed by atoms with Gasteiger partial charge >= 0.3 is 0 Å². The number of nitrogens with one attached hydrogen (secondary N) is 1. The Morgan fingerprint density at radius 2 is 1.68 bits per heavy atom. The van der Waals surface area contributed by atoms with Crippen LogP contribution in [0.2, 0.25) is 0 Å². The predicted octanol–water partition coefficient (Wildman–Crippen LogP) is 3.87. The minimum atomic E-state index is -0.210. The zero-order valence-corrected chi connectivity index (χ0v) is 11.5. The van der Waals surface area contributed by atoms with Gasteiger partial charge in [-0.05, 0) is 43.8 Å². The molecule has 0 saturated carbocycles. The number of rotatable bonds is 4. The zero-order chi connectivity index (χ0) is 13.8. The first-order valence-corrected chi connectivity index (χ1v) is 6.39. The molecule has 0 aliphatic heterocycles. The molecule has 2 rings (SSSR count). The van der Waals surface area contributed by atoms with Gasteiger partial charge in [-0.25, -0.2) is 4.39 Å². The lowest BCUT2D eigenvalue weighted by atomic mass is 10.1. The minimum Gasteiger partial charge on any atom is -0.342 e. The van der Waals surface area contributed by atoms with Crippen molar-refractivity contribution < 1.29 is 4.39 Å². The maximum atomic E-state index is 13.7. The summed E-state index contributed by atoms with van der Waals surface area (Å²) in [5, 5.41) is 3.20. The van der Waals surface area contributed by atoms with E-state index in [1.54, 1.807) is 12.1 Å². The summed E-state index contributed by atoms with van der Waals surface area (Å²) in [7, 11) is 3.80. The van der Waals surface area contributed by atoms with Gasteiger partial charge in [0.05, 0.1) is 5.69 Å². The minimum absolute atomic E-state index is 0.210. The molecule has 1 atom stereocenters. The van der Waals surface area contributed by atoms with E-state index in [9.17, 15) is 4.39 Å². The van der Waals surface area contributed by atoms with Gasteiger partial charge in [0.2, 0.25) is 0 Å². The summed E-state index contributed by atoms with van der Waals surface area (Å²) in [5.41, 5.74) is 2.77. The van der Waals surface area contributed by atoms with Gasteiger partial charge in [0.15, 0.2) is 0 Å². The van der Waals surface area contributed by atoms with Crippen LogP contribution in [0, 0.1) is 5.82 Å². The van der Waals surface area contributed by atoms with Crippen molar-refractivity contribution in [3.63, 3.8) is 0 Å². The Hall–Kier alpha value is -1.87. The lowest BCUT2D eigenvalue weighted by molar-refractivity contribution is 0.627. The molecule has 0 radical (unpaired) electrons. The van der Waals surface area contributed by atoms with E-state index in [2.05, 4.69) is 24.4 Å². The molecule has 2 aromatic rings. The molecular formula is C16H19FN2. The van der Waals surface area contributed by atoms with E-state index in [1.165, 1.54) is 11.6 Å². The fraction of sp³-hybridized carbons (Fsp3) is 0.250. The van der Waals surface area contributed by atoms with Crippen molar-refractivity contribution in [2.45, 2.75) is 13.0 Å². The number of para-hydroxylation sites is 1. The molecule has 0 fully saturated rings.